The fourth-order valence-electron chi connectivity index (χ4n) is 1.48. The van der Waals surface area contributed by atoms with E-state index in [-0.39, 0.29) is 12.4 Å². The predicted molar refractivity (Wildman–Crippen MR) is 63.5 cm³/mol. The summed E-state index contributed by atoms with van der Waals surface area (Å²) in [4.78, 5) is 7.74. The van der Waals surface area contributed by atoms with E-state index in [9.17, 15) is 22.0 Å². The smallest absolute Gasteiger partial charge is 0.329 e. The van der Waals surface area contributed by atoms with Crippen molar-refractivity contribution in [2.45, 2.75) is 19.1 Å². The summed E-state index contributed by atoms with van der Waals surface area (Å²) in [5, 5.41) is 3.25. The molecule has 0 amide bonds. The second-order valence-electron chi connectivity index (χ2n) is 4.14. The van der Waals surface area contributed by atoms with Gasteiger partial charge >= 0.3 is 12.1 Å². The number of nitrogens with one attached hydrogen (secondary N) is 1. The minimum Gasteiger partial charge on any atom is -0.329 e. The fourth-order valence-corrected chi connectivity index (χ4v) is 1.48. The summed E-state index contributed by atoms with van der Waals surface area (Å²) in [5.41, 5.74) is 3.35. The maximum Gasteiger partial charge on any atom is 0.471 e. The van der Waals surface area contributed by atoms with Gasteiger partial charge in [0.2, 0.25) is 5.82 Å². The molecule has 0 bridgehead atoms. The quantitative estimate of drug-likeness (QED) is 0.503. The van der Waals surface area contributed by atoms with Crippen LogP contribution in [0.1, 0.15) is 11.5 Å². The monoisotopic (exact) mass is 323 g/mol. The third-order valence-corrected chi connectivity index (χ3v) is 2.47. The maximum absolute atomic E-state index is 12.3. The molecule has 0 aliphatic rings. The Bertz CT molecular complexity index is 598. The van der Waals surface area contributed by atoms with Crippen molar-refractivity contribution in [1.29, 1.82) is 0 Å². The highest BCUT2D eigenvalue weighted by molar-refractivity contribution is 5.54. The van der Waals surface area contributed by atoms with Gasteiger partial charge in [0.25, 0.3) is 6.43 Å². The molecule has 0 fully saturated rings. The number of hydrogen-bond acceptors (Lipinski definition) is 5. The van der Waals surface area contributed by atoms with E-state index in [1.54, 1.807) is 12.1 Å². The molecular formula is C12H10F5N3O2. The Morgan fingerprint density at radius 3 is 2.41 bits per heavy atom. The minimum atomic E-state index is -4.70. The van der Waals surface area contributed by atoms with Crippen LogP contribution in [-0.2, 0) is 17.6 Å². The lowest BCUT2D eigenvalue weighted by atomic mass is 10.1. The highest BCUT2D eigenvalue weighted by Crippen LogP contribution is 2.29. The maximum atomic E-state index is 12.3. The molecule has 1 aromatic heterocycles. The first-order valence-electron chi connectivity index (χ1n) is 5.99. The molecule has 1 aromatic carbocycles. The van der Waals surface area contributed by atoms with Crippen LogP contribution in [0.2, 0.25) is 0 Å². The van der Waals surface area contributed by atoms with E-state index in [0.29, 0.717) is 11.1 Å². The van der Waals surface area contributed by atoms with Crippen molar-refractivity contribution in [1.82, 2.24) is 15.6 Å². The van der Waals surface area contributed by atoms with Crippen molar-refractivity contribution >= 4 is 0 Å². The highest BCUT2D eigenvalue weighted by atomic mass is 19.4. The van der Waals surface area contributed by atoms with Crippen LogP contribution in [-0.4, -0.2) is 23.2 Å². The van der Waals surface area contributed by atoms with Gasteiger partial charge in [0.1, 0.15) is 6.61 Å². The normalized spacial score (nSPS) is 12.1. The number of halogens is 5. The van der Waals surface area contributed by atoms with E-state index in [1.807, 2.05) is 0 Å². The molecule has 0 atom stereocenters. The number of alkyl halides is 5. The average Bonchev–Trinajstić information content (AvgIpc) is 2.94. The summed E-state index contributed by atoms with van der Waals surface area (Å²) in [6.45, 7) is -0.575. The van der Waals surface area contributed by atoms with Crippen molar-refractivity contribution in [3.05, 3.63) is 35.7 Å². The summed E-state index contributed by atoms with van der Waals surface area (Å²) >= 11 is 0. The molecule has 22 heavy (non-hydrogen) atoms. The van der Waals surface area contributed by atoms with E-state index < -0.39 is 25.1 Å². The lowest BCUT2D eigenvalue weighted by Crippen LogP contribution is -2.18. The van der Waals surface area contributed by atoms with Crippen molar-refractivity contribution in [3.8, 4) is 11.4 Å². The zero-order valence-electron chi connectivity index (χ0n) is 10.9. The van der Waals surface area contributed by atoms with Gasteiger partial charge in [-0.2, -0.15) is 23.6 Å². The van der Waals surface area contributed by atoms with E-state index >= 15 is 0 Å². The predicted octanol–water partition coefficient (Wildman–Crippen LogP) is 3.04. The van der Waals surface area contributed by atoms with Crippen molar-refractivity contribution in [2.75, 3.05) is 6.61 Å². The van der Waals surface area contributed by atoms with Crippen LogP contribution in [0.25, 0.3) is 11.4 Å². The molecule has 5 nitrogen and oxygen atoms in total. The molecule has 120 valence electrons. The molecule has 1 N–H and O–H groups in total. The zero-order valence-corrected chi connectivity index (χ0v) is 10.9. The van der Waals surface area contributed by atoms with Gasteiger partial charge in [-0.3, -0.25) is 4.84 Å². The molecular weight excluding hydrogens is 313 g/mol. The molecule has 0 unspecified atom stereocenters. The Kier molecular flexibility index (Phi) is 5.03. The Balaban J connectivity index is 1.95. The van der Waals surface area contributed by atoms with Gasteiger partial charge in [-0.15, -0.1) is 0 Å². The third-order valence-electron chi connectivity index (χ3n) is 2.47. The lowest BCUT2D eigenvalue weighted by molar-refractivity contribution is -0.159. The molecule has 2 rings (SSSR count). The van der Waals surface area contributed by atoms with Gasteiger partial charge in [0, 0.05) is 12.1 Å². The van der Waals surface area contributed by atoms with Crippen LogP contribution in [0, 0.1) is 0 Å². The molecule has 2 aromatic rings. The molecule has 0 aliphatic heterocycles. The Hall–Kier alpha value is -2.07. The van der Waals surface area contributed by atoms with Crippen LogP contribution >= 0.6 is 0 Å². The number of hydrogen-bond donors (Lipinski definition) is 1. The van der Waals surface area contributed by atoms with Crippen LogP contribution in [0.15, 0.2) is 28.8 Å². The van der Waals surface area contributed by atoms with Crippen LogP contribution < -0.4 is 5.48 Å². The summed E-state index contributed by atoms with van der Waals surface area (Å²) in [6, 6.07) is 6.10. The molecule has 0 spiro atoms. The van der Waals surface area contributed by atoms with Crippen LogP contribution in [0.5, 0.6) is 0 Å². The van der Waals surface area contributed by atoms with Gasteiger partial charge in [0.15, 0.2) is 0 Å². The second kappa shape index (κ2) is 6.79. The van der Waals surface area contributed by atoms with Crippen LogP contribution in [0.3, 0.4) is 0 Å². The first-order valence-corrected chi connectivity index (χ1v) is 5.99. The minimum absolute atomic E-state index is 0.160. The molecule has 0 aliphatic carbocycles. The Morgan fingerprint density at radius 2 is 1.86 bits per heavy atom. The van der Waals surface area contributed by atoms with Gasteiger partial charge in [-0.1, -0.05) is 29.4 Å². The molecule has 0 radical (unpaired) electrons. The first kappa shape index (κ1) is 16.3. The molecule has 0 saturated carbocycles. The zero-order chi connectivity index (χ0) is 16.2. The van der Waals surface area contributed by atoms with Crippen LogP contribution in [0.4, 0.5) is 22.0 Å². The van der Waals surface area contributed by atoms with E-state index in [0.717, 1.165) is 0 Å². The Labute approximate surface area is 121 Å². The standard InChI is InChI=1S/C12H10F5N3O2/c13-9(14)6-21-18-5-7-1-3-8(4-2-7)10-19-11(22-20-10)12(15,16)17/h1-4,9,18H,5-6H2. The first-order chi connectivity index (χ1) is 10.4. The van der Waals surface area contributed by atoms with Gasteiger partial charge in [0.05, 0.1) is 0 Å². The summed E-state index contributed by atoms with van der Waals surface area (Å²) in [5.74, 6) is -1.62. The topological polar surface area (TPSA) is 60.2 Å². The number of benzene rings is 1. The molecule has 10 heteroatoms. The van der Waals surface area contributed by atoms with Crippen molar-refractivity contribution in [3.63, 3.8) is 0 Å². The summed E-state index contributed by atoms with van der Waals surface area (Å²) in [7, 11) is 0. The Morgan fingerprint density at radius 1 is 1.18 bits per heavy atom. The number of rotatable bonds is 6. The second-order valence-corrected chi connectivity index (χ2v) is 4.14. The summed E-state index contributed by atoms with van der Waals surface area (Å²) in [6.07, 6.45) is -7.27. The van der Waals surface area contributed by atoms with Gasteiger partial charge in [-0.25, -0.2) is 8.78 Å². The third kappa shape index (κ3) is 4.46. The van der Waals surface area contributed by atoms with Crippen molar-refractivity contribution < 1.29 is 31.3 Å². The van der Waals surface area contributed by atoms with E-state index in [2.05, 4.69) is 25.0 Å². The fraction of sp³-hybridized carbons (Fsp3) is 0.333. The van der Waals surface area contributed by atoms with Crippen molar-refractivity contribution in [2.24, 2.45) is 0 Å². The number of hydroxylamine groups is 1. The van der Waals surface area contributed by atoms with Gasteiger partial charge in [-0.05, 0) is 5.56 Å². The highest BCUT2D eigenvalue weighted by Gasteiger charge is 2.38. The molecule has 1 heterocycles. The SMILES string of the molecule is FC(F)CONCc1ccc(-c2noc(C(F)(F)F)n2)cc1. The number of nitrogens with zero attached hydrogens (tertiary/aromatic N) is 2. The summed E-state index contributed by atoms with van der Waals surface area (Å²) < 4.78 is 64.8. The number of aromatic nitrogens is 2. The lowest BCUT2D eigenvalue weighted by Gasteiger charge is -2.05. The van der Waals surface area contributed by atoms with E-state index in [1.165, 1.54) is 12.1 Å². The molecule has 0 saturated heterocycles. The largest absolute Gasteiger partial charge is 0.471 e. The average molecular weight is 323 g/mol. The van der Waals surface area contributed by atoms with Gasteiger partial charge < -0.3 is 4.52 Å². The van der Waals surface area contributed by atoms with E-state index in [4.69, 9.17) is 0 Å².